The lowest BCUT2D eigenvalue weighted by Crippen LogP contribution is -2.11. The molecule has 0 aliphatic rings. The van der Waals surface area contributed by atoms with Crippen LogP contribution in [0.3, 0.4) is 0 Å². The average molecular weight is 292 g/mol. The van der Waals surface area contributed by atoms with Gasteiger partial charge in [-0.2, -0.15) is 4.68 Å². The molecule has 0 atom stereocenters. The van der Waals surface area contributed by atoms with Crippen molar-refractivity contribution in [2.24, 2.45) is 5.11 Å². The van der Waals surface area contributed by atoms with Gasteiger partial charge in [-0.15, -0.1) is 9.78 Å². The first-order chi connectivity index (χ1) is 10.0. The Morgan fingerprint density at radius 1 is 1.57 bits per heavy atom. The number of carbonyl (C=O) groups is 1. The molecule has 2 aromatic heterocycles. The summed E-state index contributed by atoms with van der Waals surface area (Å²) in [5.74, 6) is -0.905. The number of hydrogen-bond acceptors (Lipinski definition) is 8. The minimum Gasteiger partial charge on any atom is -0.390 e. The Hall–Kier alpha value is -3.34. The van der Waals surface area contributed by atoms with Crippen molar-refractivity contribution in [3.8, 4) is 5.95 Å². The van der Waals surface area contributed by atoms with Gasteiger partial charge in [0.05, 0.1) is 6.54 Å². The molecule has 0 N–H and O–H groups in total. The minimum atomic E-state index is -0.765. The molecule has 0 fully saturated rings. The number of rotatable bonds is 6. The fraction of sp³-hybridized carbons (Fsp3) is 0.375. The maximum atomic E-state index is 11.0. The van der Waals surface area contributed by atoms with Gasteiger partial charge in [0.1, 0.15) is 12.1 Å². The smallest absolute Gasteiger partial charge is 0.390 e. The van der Waals surface area contributed by atoms with Crippen LogP contribution in [0, 0.1) is 10.1 Å². The molecule has 108 valence electrons. The van der Waals surface area contributed by atoms with Gasteiger partial charge in [-0.3, -0.25) is 4.79 Å². The summed E-state index contributed by atoms with van der Waals surface area (Å²) in [5, 5.41) is 21.4. The lowest BCUT2D eigenvalue weighted by Gasteiger charge is -1.97. The quantitative estimate of drug-likeness (QED) is 0.247. The van der Waals surface area contributed by atoms with E-state index in [1.54, 1.807) is 0 Å². The van der Waals surface area contributed by atoms with E-state index in [4.69, 9.17) is 5.53 Å². The van der Waals surface area contributed by atoms with E-state index in [1.165, 1.54) is 13.3 Å². The maximum absolute atomic E-state index is 11.0. The number of carbonyl (C=O) groups excluding carboxylic acids is 1. The number of nitro groups is 1. The highest BCUT2D eigenvalue weighted by Crippen LogP contribution is 2.12. The number of aromatic nitrogens is 6. The molecule has 0 bridgehead atoms. The van der Waals surface area contributed by atoms with Crippen molar-refractivity contribution in [2.75, 3.05) is 0 Å². The van der Waals surface area contributed by atoms with E-state index in [1.807, 2.05) is 0 Å². The zero-order chi connectivity index (χ0) is 15.4. The van der Waals surface area contributed by atoms with E-state index in [2.05, 4.69) is 30.2 Å². The highest BCUT2D eigenvalue weighted by molar-refractivity contribution is 5.75. The third-order valence-corrected chi connectivity index (χ3v) is 2.30. The van der Waals surface area contributed by atoms with Crippen LogP contribution in [0.1, 0.15) is 13.3 Å². The molecule has 0 amide bonds. The summed E-state index contributed by atoms with van der Waals surface area (Å²) in [5.41, 5.74) is 8.29. The van der Waals surface area contributed by atoms with Gasteiger partial charge in [-0.05, 0) is 27.5 Å². The highest BCUT2D eigenvalue weighted by Gasteiger charge is 2.24. The Balaban J connectivity index is 2.41. The molecule has 0 aromatic carbocycles. The van der Waals surface area contributed by atoms with E-state index >= 15 is 0 Å². The second kappa shape index (κ2) is 5.75. The standard InChI is InChI=1S/C8H8N10O3/c1-5(19)2-3-16-8(11-7(14-16)18(20)21)17-4-10-6(13-17)12-15-9/h4H,2-3H2,1H3. The Morgan fingerprint density at radius 2 is 2.33 bits per heavy atom. The fourth-order valence-electron chi connectivity index (χ4n) is 1.42. The van der Waals surface area contributed by atoms with E-state index in [0.717, 1.165) is 9.36 Å². The molecule has 0 saturated carbocycles. The zero-order valence-electron chi connectivity index (χ0n) is 10.7. The summed E-state index contributed by atoms with van der Waals surface area (Å²) < 4.78 is 2.23. The van der Waals surface area contributed by atoms with Gasteiger partial charge in [0, 0.05) is 16.4 Å². The van der Waals surface area contributed by atoms with E-state index in [9.17, 15) is 14.9 Å². The van der Waals surface area contributed by atoms with Gasteiger partial charge < -0.3 is 10.1 Å². The SMILES string of the molecule is CC(=O)CCn1nc([N+](=O)[O-])nc1-n1cnc(N=[N+]=[N-])n1. The van der Waals surface area contributed by atoms with E-state index in [0.29, 0.717) is 0 Å². The molecule has 0 radical (unpaired) electrons. The number of hydrogen-bond donors (Lipinski definition) is 0. The van der Waals surface area contributed by atoms with Crippen LogP contribution in [-0.2, 0) is 11.3 Å². The second-order valence-electron chi connectivity index (χ2n) is 3.82. The normalized spacial score (nSPS) is 10.1. The maximum Gasteiger partial charge on any atom is 0.493 e. The molecule has 0 spiro atoms. The molecule has 0 aliphatic heterocycles. The molecule has 0 saturated heterocycles. The monoisotopic (exact) mass is 292 g/mol. The first-order valence-electron chi connectivity index (χ1n) is 5.57. The Morgan fingerprint density at radius 3 is 2.95 bits per heavy atom. The number of azide groups is 1. The van der Waals surface area contributed by atoms with Crippen LogP contribution in [0.4, 0.5) is 11.9 Å². The first-order valence-corrected chi connectivity index (χ1v) is 5.57. The van der Waals surface area contributed by atoms with Crippen LogP contribution in [-0.4, -0.2) is 40.2 Å². The summed E-state index contributed by atoms with van der Waals surface area (Å²) in [6.07, 6.45) is 1.30. The molecular formula is C8H8N10O3. The Bertz CT molecular complexity index is 739. The van der Waals surface area contributed by atoms with Crippen molar-refractivity contribution in [3.63, 3.8) is 0 Å². The van der Waals surface area contributed by atoms with Crippen LogP contribution in [0.5, 0.6) is 0 Å². The van der Waals surface area contributed by atoms with E-state index in [-0.39, 0.29) is 30.6 Å². The van der Waals surface area contributed by atoms with Crippen molar-refractivity contribution in [2.45, 2.75) is 19.9 Å². The second-order valence-corrected chi connectivity index (χ2v) is 3.82. The number of ketones is 1. The van der Waals surface area contributed by atoms with Gasteiger partial charge in [0.25, 0.3) is 0 Å². The summed E-state index contributed by atoms with van der Waals surface area (Å²) in [6, 6.07) is 0. The first kappa shape index (κ1) is 14.1. The third-order valence-electron chi connectivity index (χ3n) is 2.30. The third kappa shape index (κ3) is 3.16. The van der Waals surface area contributed by atoms with Crippen LogP contribution < -0.4 is 0 Å². The van der Waals surface area contributed by atoms with Crippen molar-refractivity contribution in [3.05, 3.63) is 26.9 Å². The van der Waals surface area contributed by atoms with E-state index < -0.39 is 10.9 Å². The van der Waals surface area contributed by atoms with Crippen molar-refractivity contribution >= 4 is 17.7 Å². The van der Waals surface area contributed by atoms with Gasteiger partial charge in [0.2, 0.25) is 5.95 Å². The molecular weight excluding hydrogens is 284 g/mol. The molecule has 2 heterocycles. The molecule has 0 aliphatic carbocycles. The molecule has 13 heteroatoms. The Labute approximate surface area is 116 Å². The predicted molar refractivity (Wildman–Crippen MR) is 65.7 cm³/mol. The average Bonchev–Trinajstić information content (AvgIpc) is 3.02. The van der Waals surface area contributed by atoms with Crippen LogP contribution >= 0.6 is 0 Å². The van der Waals surface area contributed by atoms with Crippen molar-refractivity contribution < 1.29 is 9.72 Å². The Kier molecular flexibility index (Phi) is 3.85. The van der Waals surface area contributed by atoms with Gasteiger partial charge in [0.15, 0.2) is 0 Å². The highest BCUT2D eigenvalue weighted by atomic mass is 16.6. The van der Waals surface area contributed by atoms with Gasteiger partial charge >= 0.3 is 11.9 Å². The van der Waals surface area contributed by atoms with Crippen molar-refractivity contribution in [1.29, 1.82) is 0 Å². The summed E-state index contributed by atoms with van der Waals surface area (Å²) in [4.78, 5) is 30.9. The molecule has 0 unspecified atom stereocenters. The summed E-state index contributed by atoms with van der Waals surface area (Å²) >= 11 is 0. The molecule has 13 nitrogen and oxygen atoms in total. The van der Waals surface area contributed by atoms with Crippen LogP contribution in [0.25, 0.3) is 16.4 Å². The van der Waals surface area contributed by atoms with Gasteiger partial charge in [-0.25, -0.2) is 4.98 Å². The number of Topliss-reactive ketones (excluding diaryl/α,β-unsaturated/α-hetero) is 1. The minimum absolute atomic E-state index is 0.00478. The largest absolute Gasteiger partial charge is 0.493 e. The van der Waals surface area contributed by atoms with Crippen LogP contribution in [0.15, 0.2) is 11.4 Å². The van der Waals surface area contributed by atoms with Crippen LogP contribution in [0.2, 0.25) is 0 Å². The lowest BCUT2D eigenvalue weighted by molar-refractivity contribution is -0.394. The van der Waals surface area contributed by atoms with Gasteiger partial charge in [-0.1, -0.05) is 0 Å². The topological polar surface area (TPSA) is 170 Å². The molecule has 2 aromatic rings. The predicted octanol–water partition coefficient (Wildman–Crippen LogP) is 0.688. The number of aryl methyl sites for hydroxylation is 1. The lowest BCUT2D eigenvalue weighted by atomic mass is 10.3. The summed E-state index contributed by atoms with van der Waals surface area (Å²) in [7, 11) is 0. The number of nitrogens with zero attached hydrogens (tertiary/aromatic N) is 10. The zero-order valence-corrected chi connectivity index (χ0v) is 10.7. The summed E-state index contributed by atoms with van der Waals surface area (Å²) in [6.45, 7) is 1.49. The van der Waals surface area contributed by atoms with Crippen molar-refractivity contribution in [1.82, 2.24) is 29.5 Å². The molecule has 2 rings (SSSR count). The fourth-order valence-corrected chi connectivity index (χ4v) is 1.42. The molecule has 21 heavy (non-hydrogen) atoms.